The van der Waals surface area contributed by atoms with E-state index in [4.69, 9.17) is 14.2 Å². The summed E-state index contributed by atoms with van der Waals surface area (Å²) >= 11 is 0. The zero-order chi connectivity index (χ0) is 13.7. The number of nitrogens with zero attached hydrogens (tertiary/aromatic N) is 3. The number of aromatic nitrogens is 3. The normalized spacial score (nSPS) is 17.8. The SMILES string of the molecule is COc1nc(NCC2(C)CCOCC2)nc(OC)n1. The van der Waals surface area contributed by atoms with Gasteiger partial charge in [0.05, 0.1) is 14.2 Å². The van der Waals surface area contributed by atoms with Crippen LogP contribution in [0.15, 0.2) is 0 Å². The maximum atomic E-state index is 5.38. The fraction of sp³-hybridized carbons (Fsp3) is 0.750. The van der Waals surface area contributed by atoms with E-state index in [0.29, 0.717) is 5.95 Å². The molecule has 0 atom stereocenters. The predicted octanol–water partition coefficient (Wildman–Crippen LogP) is 1.12. The molecule has 2 heterocycles. The van der Waals surface area contributed by atoms with E-state index in [0.717, 1.165) is 32.6 Å². The minimum absolute atomic E-state index is 0.200. The molecular weight excluding hydrogens is 248 g/mol. The molecule has 7 nitrogen and oxygen atoms in total. The molecule has 1 saturated heterocycles. The van der Waals surface area contributed by atoms with Gasteiger partial charge in [-0.15, -0.1) is 4.98 Å². The number of nitrogens with one attached hydrogen (secondary N) is 1. The number of rotatable bonds is 5. The van der Waals surface area contributed by atoms with Gasteiger partial charge in [0.15, 0.2) is 0 Å². The molecule has 1 fully saturated rings. The average molecular weight is 268 g/mol. The Hall–Kier alpha value is -1.63. The van der Waals surface area contributed by atoms with Crippen molar-refractivity contribution in [3.05, 3.63) is 0 Å². The van der Waals surface area contributed by atoms with Gasteiger partial charge in [-0.25, -0.2) is 0 Å². The first kappa shape index (κ1) is 13.8. The lowest BCUT2D eigenvalue weighted by molar-refractivity contribution is 0.0299. The van der Waals surface area contributed by atoms with Crippen LogP contribution < -0.4 is 14.8 Å². The quantitative estimate of drug-likeness (QED) is 0.857. The topological polar surface area (TPSA) is 78.4 Å². The molecule has 19 heavy (non-hydrogen) atoms. The molecule has 2 rings (SSSR count). The summed E-state index contributed by atoms with van der Waals surface area (Å²) in [5, 5.41) is 3.23. The van der Waals surface area contributed by atoms with Gasteiger partial charge in [-0.1, -0.05) is 6.92 Å². The van der Waals surface area contributed by atoms with Crippen molar-refractivity contribution >= 4 is 5.95 Å². The van der Waals surface area contributed by atoms with E-state index in [1.807, 2.05) is 0 Å². The van der Waals surface area contributed by atoms with Crippen LogP contribution in [0, 0.1) is 5.41 Å². The minimum Gasteiger partial charge on any atom is -0.467 e. The van der Waals surface area contributed by atoms with Gasteiger partial charge in [-0.2, -0.15) is 9.97 Å². The molecule has 0 saturated carbocycles. The second-order valence-electron chi connectivity index (χ2n) is 4.91. The summed E-state index contributed by atoms with van der Waals surface area (Å²) in [5.41, 5.74) is 0.200. The smallest absolute Gasteiger partial charge is 0.324 e. The first-order valence-electron chi connectivity index (χ1n) is 6.31. The van der Waals surface area contributed by atoms with Crippen LogP contribution in [-0.2, 0) is 4.74 Å². The van der Waals surface area contributed by atoms with E-state index in [1.165, 1.54) is 14.2 Å². The highest BCUT2D eigenvalue weighted by atomic mass is 16.5. The summed E-state index contributed by atoms with van der Waals surface area (Å²) in [6, 6.07) is 0.484. The van der Waals surface area contributed by atoms with Crippen molar-refractivity contribution in [3.63, 3.8) is 0 Å². The molecule has 0 spiro atoms. The lowest BCUT2D eigenvalue weighted by atomic mass is 9.82. The lowest BCUT2D eigenvalue weighted by Gasteiger charge is -2.33. The number of methoxy groups -OCH3 is 2. The van der Waals surface area contributed by atoms with Gasteiger partial charge < -0.3 is 19.5 Å². The van der Waals surface area contributed by atoms with Crippen LogP contribution in [0.4, 0.5) is 5.95 Å². The van der Waals surface area contributed by atoms with Crippen LogP contribution in [-0.4, -0.2) is 48.9 Å². The summed E-state index contributed by atoms with van der Waals surface area (Å²) in [4.78, 5) is 12.3. The van der Waals surface area contributed by atoms with Gasteiger partial charge in [-0.3, -0.25) is 0 Å². The van der Waals surface area contributed by atoms with Crippen LogP contribution in [0.25, 0.3) is 0 Å². The van der Waals surface area contributed by atoms with Gasteiger partial charge in [0, 0.05) is 19.8 Å². The summed E-state index contributed by atoms with van der Waals surface area (Å²) in [7, 11) is 3.02. The average Bonchev–Trinajstić information content (AvgIpc) is 2.45. The number of hydrogen-bond donors (Lipinski definition) is 1. The Kier molecular flexibility index (Phi) is 4.36. The van der Waals surface area contributed by atoms with Crippen LogP contribution in [0.5, 0.6) is 12.0 Å². The van der Waals surface area contributed by atoms with E-state index < -0.39 is 0 Å². The zero-order valence-corrected chi connectivity index (χ0v) is 11.6. The molecule has 1 aliphatic rings. The molecule has 106 valence electrons. The maximum absolute atomic E-state index is 5.38. The number of anilines is 1. The molecule has 0 aliphatic carbocycles. The molecule has 0 unspecified atom stereocenters. The fourth-order valence-corrected chi connectivity index (χ4v) is 1.93. The van der Waals surface area contributed by atoms with E-state index in [1.54, 1.807) is 0 Å². The third kappa shape index (κ3) is 3.66. The van der Waals surface area contributed by atoms with Crippen molar-refractivity contribution in [3.8, 4) is 12.0 Å². The largest absolute Gasteiger partial charge is 0.467 e. The summed E-state index contributed by atoms with van der Waals surface area (Å²) in [6.45, 7) is 4.63. The van der Waals surface area contributed by atoms with Gasteiger partial charge in [0.2, 0.25) is 5.95 Å². The zero-order valence-electron chi connectivity index (χ0n) is 11.6. The Morgan fingerprint density at radius 3 is 2.21 bits per heavy atom. The van der Waals surface area contributed by atoms with E-state index in [9.17, 15) is 0 Å². The second kappa shape index (κ2) is 6.01. The van der Waals surface area contributed by atoms with Crippen molar-refractivity contribution in [2.45, 2.75) is 19.8 Å². The Labute approximate surface area is 112 Å². The number of hydrogen-bond acceptors (Lipinski definition) is 7. The van der Waals surface area contributed by atoms with E-state index >= 15 is 0 Å². The maximum Gasteiger partial charge on any atom is 0.324 e. The van der Waals surface area contributed by atoms with Crippen LogP contribution in [0.1, 0.15) is 19.8 Å². The second-order valence-corrected chi connectivity index (χ2v) is 4.91. The van der Waals surface area contributed by atoms with Crippen molar-refractivity contribution in [1.29, 1.82) is 0 Å². The Morgan fingerprint density at radius 2 is 1.68 bits per heavy atom. The van der Waals surface area contributed by atoms with Gasteiger partial charge in [-0.05, 0) is 18.3 Å². The highest BCUT2D eigenvalue weighted by molar-refractivity contribution is 5.28. The van der Waals surface area contributed by atoms with Gasteiger partial charge in [0.1, 0.15) is 0 Å². The molecule has 0 bridgehead atoms. The summed E-state index contributed by atoms with van der Waals surface area (Å²) in [5.74, 6) is 0.469. The Bertz CT molecular complexity index is 399. The molecule has 1 aromatic heterocycles. The standard InChI is InChI=1S/C12H20N4O3/c1-12(4-6-19-7-5-12)8-13-9-14-10(17-2)16-11(15-9)18-3/h4-8H2,1-3H3,(H,13,14,15,16). The van der Waals surface area contributed by atoms with E-state index in [-0.39, 0.29) is 17.4 Å². The van der Waals surface area contributed by atoms with Gasteiger partial charge >= 0.3 is 12.0 Å². The first-order valence-corrected chi connectivity index (χ1v) is 6.31. The van der Waals surface area contributed by atoms with Crippen molar-refractivity contribution in [1.82, 2.24) is 15.0 Å². The van der Waals surface area contributed by atoms with Crippen LogP contribution in [0.2, 0.25) is 0 Å². The van der Waals surface area contributed by atoms with Crippen molar-refractivity contribution in [2.75, 3.05) is 39.3 Å². The highest BCUT2D eigenvalue weighted by Crippen LogP contribution is 2.29. The molecular formula is C12H20N4O3. The molecule has 0 amide bonds. The summed E-state index contributed by atoms with van der Waals surface area (Å²) in [6.07, 6.45) is 2.05. The lowest BCUT2D eigenvalue weighted by Crippen LogP contribution is -2.33. The molecule has 0 radical (unpaired) electrons. The highest BCUT2D eigenvalue weighted by Gasteiger charge is 2.27. The van der Waals surface area contributed by atoms with Gasteiger partial charge in [0.25, 0.3) is 0 Å². The first-order chi connectivity index (χ1) is 9.15. The molecule has 1 N–H and O–H groups in total. The Balaban J connectivity index is 2.02. The fourth-order valence-electron chi connectivity index (χ4n) is 1.93. The number of ether oxygens (including phenoxy) is 3. The predicted molar refractivity (Wildman–Crippen MR) is 69.6 cm³/mol. The summed E-state index contributed by atoms with van der Waals surface area (Å²) < 4.78 is 15.4. The third-order valence-electron chi connectivity index (χ3n) is 3.33. The van der Waals surface area contributed by atoms with Crippen LogP contribution in [0.3, 0.4) is 0 Å². The molecule has 1 aliphatic heterocycles. The van der Waals surface area contributed by atoms with E-state index in [2.05, 4.69) is 27.2 Å². The van der Waals surface area contributed by atoms with Crippen molar-refractivity contribution in [2.24, 2.45) is 5.41 Å². The molecule has 1 aromatic rings. The third-order valence-corrected chi connectivity index (χ3v) is 3.33. The molecule has 7 heteroatoms. The minimum atomic E-state index is 0.200. The molecule has 0 aromatic carbocycles. The van der Waals surface area contributed by atoms with Crippen LogP contribution >= 0.6 is 0 Å². The van der Waals surface area contributed by atoms with Crippen molar-refractivity contribution < 1.29 is 14.2 Å². The Morgan fingerprint density at radius 1 is 1.11 bits per heavy atom. The monoisotopic (exact) mass is 268 g/mol.